The molecule has 0 aliphatic rings. The van der Waals surface area contributed by atoms with E-state index in [9.17, 15) is 14.9 Å². The van der Waals surface area contributed by atoms with Crippen LogP contribution in [0.5, 0.6) is 11.5 Å². The molecular weight excluding hydrogens is 390 g/mol. The van der Waals surface area contributed by atoms with Crippen molar-refractivity contribution in [2.24, 2.45) is 0 Å². The van der Waals surface area contributed by atoms with Gasteiger partial charge in [-0.25, -0.2) is 0 Å². The molecule has 0 bridgehead atoms. The molecule has 25 heavy (non-hydrogen) atoms. The number of carbonyl (C=O) groups is 1. The fraction of sp³-hybridized carbons (Fsp3) is 0.278. The van der Waals surface area contributed by atoms with Gasteiger partial charge in [0.15, 0.2) is 0 Å². The highest BCUT2D eigenvalue weighted by atomic mass is 79.9. The lowest BCUT2D eigenvalue weighted by molar-refractivity contribution is -0.384. The number of nitrogens with zero attached hydrogens (tertiary/aromatic N) is 1. The highest BCUT2D eigenvalue weighted by Crippen LogP contribution is 2.33. The maximum absolute atomic E-state index is 12.1. The van der Waals surface area contributed by atoms with E-state index in [1.54, 1.807) is 32.9 Å². The summed E-state index contributed by atoms with van der Waals surface area (Å²) in [5.74, 6) is 0.426. The maximum Gasteiger partial charge on any atom is 0.310 e. The number of hydrogen-bond donors (Lipinski definition) is 0. The van der Waals surface area contributed by atoms with Crippen LogP contribution in [0.4, 0.5) is 5.69 Å². The molecule has 0 saturated heterocycles. The van der Waals surface area contributed by atoms with Gasteiger partial charge in [0.1, 0.15) is 17.1 Å². The van der Waals surface area contributed by atoms with Gasteiger partial charge >= 0.3 is 5.97 Å². The van der Waals surface area contributed by atoms with Crippen molar-refractivity contribution in [1.29, 1.82) is 0 Å². The van der Waals surface area contributed by atoms with Crippen LogP contribution in [-0.4, -0.2) is 16.5 Å². The van der Waals surface area contributed by atoms with Crippen LogP contribution in [0.25, 0.3) is 0 Å². The van der Waals surface area contributed by atoms with Gasteiger partial charge in [-0.15, -0.1) is 0 Å². The van der Waals surface area contributed by atoms with Gasteiger partial charge in [-0.3, -0.25) is 14.9 Å². The Morgan fingerprint density at radius 2 is 1.84 bits per heavy atom. The van der Waals surface area contributed by atoms with E-state index in [4.69, 9.17) is 9.47 Å². The zero-order valence-electron chi connectivity index (χ0n) is 14.1. The molecule has 2 rings (SSSR count). The van der Waals surface area contributed by atoms with Gasteiger partial charge in [0.25, 0.3) is 5.69 Å². The van der Waals surface area contributed by atoms with E-state index in [0.717, 1.165) is 4.47 Å². The second-order valence-electron chi connectivity index (χ2n) is 6.34. The lowest BCUT2D eigenvalue weighted by Gasteiger charge is -2.20. The van der Waals surface area contributed by atoms with Gasteiger partial charge in [-0.05, 0) is 54.9 Å². The monoisotopic (exact) mass is 407 g/mol. The quantitative estimate of drug-likeness (QED) is 0.394. The van der Waals surface area contributed by atoms with Crippen molar-refractivity contribution in [3.8, 4) is 11.5 Å². The minimum absolute atomic E-state index is 0.113. The standard InChI is InChI=1S/C18H18BrNO5/c1-18(2,3)25-17(21)11-12-10-13(20(22)23)8-9-15(12)24-16-7-5-4-6-14(16)19/h4-10H,11H2,1-3H3. The summed E-state index contributed by atoms with van der Waals surface area (Å²) in [7, 11) is 0. The average molecular weight is 408 g/mol. The number of hydrogen-bond acceptors (Lipinski definition) is 5. The first-order valence-electron chi connectivity index (χ1n) is 7.57. The van der Waals surface area contributed by atoms with Crippen LogP contribution in [0.1, 0.15) is 26.3 Å². The van der Waals surface area contributed by atoms with Crippen molar-refractivity contribution in [3.63, 3.8) is 0 Å². The number of rotatable bonds is 5. The molecule has 2 aromatic carbocycles. The summed E-state index contributed by atoms with van der Waals surface area (Å²) in [5.41, 5.74) is -0.362. The second kappa shape index (κ2) is 7.65. The summed E-state index contributed by atoms with van der Waals surface area (Å²) < 4.78 is 11.9. The Labute approximate surface area is 154 Å². The van der Waals surface area contributed by atoms with Crippen LogP contribution in [-0.2, 0) is 16.0 Å². The van der Waals surface area contributed by atoms with Crippen LogP contribution in [0.2, 0.25) is 0 Å². The van der Waals surface area contributed by atoms with Crippen LogP contribution < -0.4 is 4.74 Å². The molecule has 2 aromatic rings. The average Bonchev–Trinajstić information content (AvgIpc) is 2.49. The SMILES string of the molecule is CC(C)(C)OC(=O)Cc1cc([N+](=O)[O-])ccc1Oc1ccccc1Br. The molecule has 0 radical (unpaired) electrons. The first-order chi connectivity index (χ1) is 11.7. The molecule has 0 saturated carbocycles. The molecule has 0 fully saturated rings. The molecule has 0 unspecified atom stereocenters. The van der Waals surface area contributed by atoms with Crippen LogP contribution in [0.3, 0.4) is 0 Å². The third-order valence-corrected chi connectivity index (χ3v) is 3.72. The Bertz CT molecular complexity index is 798. The van der Waals surface area contributed by atoms with Crippen molar-refractivity contribution in [3.05, 3.63) is 62.6 Å². The molecule has 0 aliphatic carbocycles. The number of nitro groups is 1. The topological polar surface area (TPSA) is 78.7 Å². The fourth-order valence-electron chi connectivity index (χ4n) is 2.10. The Kier molecular flexibility index (Phi) is 5.79. The third-order valence-electron chi connectivity index (χ3n) is 3.07. The predicted molar refractivity (Wildman–Crippen MR) is 96.9 cm³/mol. The number of benzene rings is 2. The number of nitro benzene ring substituents is 1. The van der Waals surface area contributed by atoms with E-state index in [1.807, 2.05) is 12.1 Å². The summed E-state index contributed by atoms with van der Waals surface area (Å²) in [4.78, 5) is 22.6. The lowest BCUT2D eigenvalue weighted by atomic mass is 10.1. The molecule has 0 atom stereocenters. The smallest absolute Gasteiger partial charge is 0.310 e. The van der Waals surface area contributed by atoms with Crippen LogP contribution in [0.15, 0.2) is 46.9 Å². The predicted octanol–water partition coefficient (Wildman–Crippen LogP) is 5.03. The zero-order chi connectivity index (χ0) is 18.6. The Hall–Kier alpha value is -2.41. The molecule has 6 nitrogen and oxygen atoms in total. The minimum Gasteiger partial charge on any atom is -0.460 e. The number of carbonyl (C=O) groups excluding carboxylic acids is 1. The van der Waals surface area contributed by atoms with Gasteiger partial charge in [-0.1, -0.05) is 12.1 Å². The molecule has 132 valence electrons. The van der Waals surface area contributed by atoms with Gasteiger partial charge in [0.05, 0.1) is 15.8 Å². The van der Waals surface area contributed by atoms with E-state index >= 15 is 0 Å². The van der Waals surface area contributed by atoms with Gasteiger partial charge < -0.3 is 9.47 Å². The van der Waals surface area contributed by atoms with Crippen LogP contribution >= 0.6 is 15.9 Å². The number of ether oxygens (including phenoxy) is 2. The second-order valence-corrected chi connectivity index (χ2v) is 7.20. The van der Waals surface area contributed by atoms with Crippen molar-refractivity contribution >= 4 is 27.6 Å². The van der Waals surface area contributed by atoms with Gasteiger partial charge in [0.2, 0.25) is 0 Å². The number of halogens is 1. The summed E-state index contributed by atoms with van der Waals surface area (Å²) in [6, 6.07) is 11.4. The molecule has 0 spiro atoms. The van der Waals surface area contributed by atoms with E-state index < -0.39 is 16.5 Å². The number of esters is 1. The van der Waals surface area contributed by atoms with E-state index in [-0.39, 0.29) is 12.1 Å². The van der Waals surface area contributed by atoms with Gasteiger partial charge in [0, 0.05) is 17.7 Å². The van der Waals surface area contributed by atoms with Gasteiger partial charge in [-0.2, -0.15) is 0 Å². The molecule has 7 heteroatoms. The van der Waals surface area contributed by atoms with Crippen molar-refractivity contribution in [1.82, 2.24) is 0 Å². The fourth-order valence-corrected chi connectivity index (χ4v) is 2.46. The number of para-hydroxylation sites is 1. The van der Waals surface area contributed by atoms with E-state index in [1.165, 1.54) is 18.2 Å². The molecule has 0 heterocycles. The first kappa shape index (κ1) is 18.9. The lowest BCUT2D eigenvalue weighted by Crippen LogP contribution is -2.25. The third kappa shape index (κ3) is 5.56. The highest BCUT2D eigenvalue weighted by Gasteiger charge is 2.20. The summed E-state index contributed by atoms with van der Waals surface area (Å²) >= 11 is 3.38. The van der Waals surface area contributed by atoms with Crippen molar-refractivity contribution < 1.29 is 19.2 Å². The van der Waals surface area contributed by atoms with Crippen LogP contribution in [0, 0.1) is 10.1 Å². The van der Waals surface area contributed by atoms with Crippen molar-refractivity contribution in [2.75, 3.05) is 0 Å². The summed E-state index contributed by atoms with van der Waals surface area (Å²) in [6.45, 7) is 5.28. The van der Waals surface area contributed by atoms with E-state index in [0.29, 0.717) is 17.1 Å². The molecule has 0 aromatic heterocycles. The number of non-ortho nitro benzene ring substituents is 1. The molecule has 0 N–H and O–H groups in total. The maximum atomic E-state index is 12.1. The summed E-state index contributed by atoms with van der Waals surface area (Å²) in [6.07, 6.45) is -0.126. The van der Waals surface area contributed by atoms with Crippen molar-refractivity contribution in [2.45, 2.75) is 32.8 Å². The molecular formula is C18H18BrNO5. The Morgan fingerprint density at radius 3 is 2.44 bits per heavy atom. The summed E-state index contributed by atoms with van der Waals surface area (Å²) in [5, 5.41) is 11.0. The zero-order valence-corrected chi connectivity index (χ0v) is 15.7. The normalized spacial score (nSPS) is 11.0. The molecule has 0 amide bonds. The first-order valence-corrected chi connectivity index (χ1v) is 8.36. The largest absolute Gasteiger partial charge is 0.460 e. The molecule has 0 aliphatic heterocycles. The minimum atomic E-state index is -0.638. The highest BCUT2D eigenvalue weighted by molar-refractivity contribution is 9.10. The van der Waals surface area contributed by atoms with E-state index in [2.05, 4.69) is 15.9 Å². The Balaban J connectivity index is 2.34. The Morgan fingerprint density at radius 1 is 1.16 bits per heavy atom.